The van der Waals surface area contributed by atoms with Crippen molar-refractivity contribution in [2.24, 2.45) is 15.9 Å². The molecule has 0 aliphatic carbocycles. The van der Waals surface area contributed by atoms with Crippen molar-refractivity contribution in [2.75, 3.05) is 52.7 Å². The van der Waals surface area contributed by atoms with Crippen LogP contribution < -0.4 is 16.5 Å². The fourth-order valence-corrected chi connectivity index (χ4v) is 3.06. The van der Waals surface area contributed by atoms with Crippen LogP contribution in [-0.4, -0.2) is 138 Å². The minimum absolute atomic E-state index is 0.0266. The van der Waals surface area contributed by atoms with E-state index in [1.165, 1.54) is 6.21 Å². The zero-order valence-electron chi connectivity index (χ0n) is 22.8. The average molecular weight is 609 g/mol. The number of carbonyl (C=O) groups excluding carboxylic acids is 2. The predicted molar refractivity (Wildman–Crippen MR) is 142 cm³/mol. The summed E-state index contributed by atoms with van der Waals surface area (Å²) < 4.78 is 22.1. The second kappa shape index (κ2) is 22.3. The number of carbonyl (C=O) groups is 6. The third kappa shape index (κ3) is 18.8. The number of ether oxygens (including phenoxy) is 2. The zero-order valence-corrected chi connectivity index (χ0v) is 22.8. The predicted octanol–water partition coefficient (Wildman–Crippen LogP) is -1.47. The molecule has 8 N–H and O–H groups in total. The molecule has 0 fully saturated rings. The highest BCUT2D eigenvalue weighted by atomic mass is 19.1. The Hall–Kier alpha value is -4.39. The van der Waals surface area contributed by atoms with E-state index in [0.717, 1.165) is 4.90 Å². The van der Waals surface area contributed by atoms with Crippen molar-refractivity contribution in [1.82, 2.24) is 15.5 Å². The summed E-state index contributed by atoms with van der Waals surface area (Å²) in [6, 6.07) is -4.46. The molecule has 42 heavy (non-hydrogen) atoms. The maximum Gasteiger partial charge on any atom is 0.326 e. The number of halogens is 1. The van der Waals surface area contributed by atoms with Crippen LogP contribution in [0.4, 0.5) is 9.18 Å². The summed E-state index contributed by atoms with van der Waals surface area (Å²) in [5, 5.41) is 43.8. The van der Waals surface area contributed by atoms with Gasteiger partial charge < -0.3 is 51.3 Å². The summed E-state index contributed by atoms with van der Waals surface area (Å²) in [4.78, 5) is 74.7. The number of carboxylic acid groups (broad SMARTS) is 4. The number of carboxylic acids is 4. The first-order valence-corrected chi connectivity index (χ1v) is 12.6. The number of aliphatic carboxylic acids is 4. The Labute approximate surface area is 239 Å². The van der Waals surface area contributed by atoms with Gasteiger partial charge in [-0.15, -0.1) is 0 Å². The molecule has 0 radical (unpaired) electrons. The lowest BCUT2D eigenvalue weighted by Gasteiger charge is -2.23. The number of rotatable bonds is 24. The highest BCUT2D eigenvalue weighted by Gasteiger charge is 2.26. The number of nitrogens with zero attached hydrogens (tertiary/aromatic N) is 3. The molecule has 0 heterocycles. The monoisotopic (exact) mass is 608 g/mol. The van der Waals surface area contributed by atoms with Crippen molar-refractivity contribution in [1.29, 1.82) is 0 Å². The summed E-state index contributed by atoms with van der Waals surface area (Å²) in [6.45, 7) is -0.361. The lowest BCUT2D eigenvalue weighted by Crippen LogP contribution is -2.51. The van der Waals surface area contributed by atoms with E-state index in [-0.39, 0.29) is 51.8 Å². The van der Waals surface area contributed by atoms with Crippen molar-refractivity contribution in [3.63, 3.8) is 0 Å². The van der Waals surface area contributed by atoms with Gasteiger partial charge in [-0.05, 0) is 12.8 Å². The molecule has 0 spiro atoms. The molecule has 0 aliphatic rings. The van der Waals surface area contributed by atoms with Gasteiger partial charge in [-0.3, -0.25) is 19.4 Å². The van der Waals surface area contributed by atoms with Crippen LogP contribution >= 0.6 is 0 Å². The van der Waals surface area contributed by atoms with E-state index >= 15 is 0 Å². The standard InChI is InChI=1S/C23H37FN6O12/c24-6-9-41-11-12-42-10-7-26-13-15(29-25)14-30(8-5-20(34)35)18(31)3-1-16(21(36)37)27-23(40)28-17(22(38)39)2-4-19(32)33/h13,16-17H,1-12,14,25H2,(H,32,33)(H,34,35)(H,36,37)(H,38,39)(H2,27,28,40)/t16-,17-/m0/s1. The number of nitrogens with two attached hydrogens (primary N) is 1. The molecule has 19 heteroatoms. The van der Waals surface area contributed by atoms with Gasteiger partial charge in [-0.25, -0.2) is 18.8 Å². The minimum Gasteiger partial charge on any atom is -0.481 e. The van der Waals surface area contributed by atoms with Crippen molar-refractivity contribution >= 4 is 47.7 Å². The zero-order chi connectivity index (χ0) is 31.9. The van der Waals surface area contributed by atoms with E-state index in [1.807, 2.05) is 10.6 Å². The Morgan fingerprint density at radius 3 is 1.88 bits per heavy atom. The lowest BCUT2D eigenvalue weighted by atomic mass is 10.1. The summed E-state index contributed by atoms with van der Waals surface area (Å²) in [6.07, 6.45) is -1.14. The topological polar surface area (TPSA) is 280 Å². The molecular formula is C23H37FN6O12. The largest absolute Gasteiger partial charge is 0.481 e. The molecule has 238 valence electrons. The van der Waals surface area contributed by atoms with Gasteiger partial charge in [0.25, 0.3) is 0 Å². The SMILES string of the molecule is NN=C(C=NCCOCCOCCF)CN(CCC(=O)O)C(=O)CC[C@H](NC(=O)N[C@@H](CCC(=O)O)C(=O)O)C(=O)O. The van der Waals surface area contributed by atoms with Gasteiger partial charge in [-0.2, -0.15) is 5.10 Å². The number of hydrazone groups is 1. The first kappa shape index (κ1) is 37.6. The highest BCUT2D eigenvalue weighted by molar-refractivity contribution is 6.31. The van der Waals surface area contributed by atoms with Crippen LogP contribution in [0.5, 0.6) is 0 Å². The van der Waals surface area contributed by atoms with E-state index in [0.29, 0.717) is 0 Å². The van der Waals surface area contributed by atoms with E-state index < -0.39 is 86.7 Å². The fraction of sp³-hybridized carbons (Fsp3) is 0.652. The Kier molecular flexibility index (Phi) is 20.0. The lowest BCUT2D eigenvalue weighted by molar-refractivity contribution is -0.141. The third-order valence-electron chi connectivity index (χ3n) is 5.17. The molecule has 0 aromatic heterocycles. The molecule has 0 bridgehead atoms. The summed E-state index contributed by atoms with van der Waals surface area (Å²) in [7, 11) is 0. The molecule has 2 atom stereocenters. The number of hydrogen-bond donors (Lipinski definition) is 7. The van der Waals surface area contributed by atoms with Crippen LogP contribution in [0.25, 0.3) is 0 Å². The summed E-state index contributed by atoms with van der Waals surface area (Å²) >= 11 is 0. The molecule has 0 aromatic rings. The normalized spacial score (nSPS) is 12.8. The number of hydrogen-bond acceptors (Lipinski definition) is 11. The molecule has 0 unspecified atom stereocenters. The van der Waals surface area contributed by atoms with E-state index in [1.54, 1.807) is 0 Å². The second-order valence-corrected chi connectivity index (χ2v) is 8.40. The molecule has 0 rings (SSSR count). The Bertz CT molecular complexity index is 964. The Morgan fingerprint density at radius 2 is 1.38 bits per heavy atom. The number of aliphatic imine (C=N–C) groups is 1. The molecular weight excluding hydrogens is 571 g/mol. The van der Waals surface area contributed by atoms with Crippen molar-refractivity contribution in [3.8, 4) is 0 Å². The highest BCUT2D eigenvalue weighted by Crippen LogP contribution is 2.06. The maximum atomic E-state index is 12.8. The summed E-state index contributed by atoms with van der Waals surface area (Å²) in [5.74, 6) is -0.915. The number of amides is 3. The van der Waals surface area contributed by atoms with E-state index in [9.17, 15) is 38.3 Å². The second-order valence-electron chi connectivity index (χ2n) is 8.40. The first-order valence-electron chi connectivity index (χ1n) is 12.6. The minimum atomic E-state index is -1.64. The van der Waals surface area contributed by atoms with Crippen molar-refractivity contribution in [2.45, 2.75) is 44.2 Å². The van der Waals surface area contributed by atoms with Crippen LogP contribution in [0.2, 0.25) is 0 Å². The van der Waals surface area contributed by atoms with Gasteiger partial charge in [0.1, 0.15) is 18.8 Å². The third-order valence-corrected chi connectivity index (χ3v) is 5.17. The molecule has 0 saturated carbocycles. The van der Waals surface area contributed by atoms with E-state index in [2.05, 4.69) is 10.1 Å². The quantitative estimate of drug-likeness (QED) is 0.0285. The molecule has 0 saturated heterocycles. The van der Waals surface area contributed by atoms with Gasteiger partial charge >= 0.3 is 29.9 Å². The van der Waals surface area contributed by atoms with Gasteiger partial charge in [0, 0.05) is 25.6 Å². The smallest absolute Gasteiger partial charge is 0.326 e. The fourth-order valence-electron chi connectivity index (χ4n) is 3.06. The molecule has 18 nitrogen and oxygen atoms in total. The first-order chi connectivity index (χ1) is 19.9. The van der Waals surface area contributed by atoms with Crippen molar-refractivity contribution in [3.05, 3.63) is 0 Å². The summed E-state index contributed by atoms with van der Waals surface area (Å²) in [5.41, 5.74) is 0.0911. The maximum absolute atomic E-state index is 12.8. The van der Waals surface area contributed by atoms with Crippen LogP contribution in [0.1, 0.15) is 32.1 Å². The van der Waals surface area contributed by atoms with Gasteiger partial charge in [0.15, 0.2) is 0 Å². The van der Waals surface area contributed by atoms with Crippen LogP contribution in [0.3, 0.4) is 0 Å². The molecule has 3 amide bonds. The van der Waals surface area contributed by atoms with Crippen molar-refractivity contribution < 1.29 is 63.1 Å². The molecule has 0 aliphatic heterocycles. The van der Waals surface area contributed by atoms with Gasteiger partial charge in [0.2, 0.25) is 5.91 Å². The number of alkyl halides is 1. The Morgan fingerprint density at radius 1 is 0.833 bits per heavy atom. The van der Waals surface area contributed by atoms with Crippen LogP contribution in [0.15, 0.2) is 10.1 Å². The van der Waals surface area contributed by atoms with Crippen LogP contribution in [-0.2, 0) is 33.4 Å². The number of urea groups is 1. The Balaban J connectivity index is 5.09. The average Bonchev–Trinajstić information content (AvgIpc) is 2.92. The number of nitrogens with one attached hydrogen (secondary N) is 2. The van der Waals surface area contributed by atoms with Crippen LogP contribution in [0, 0.1) is 0 Å². The van der Waals surface area contributed by atoms with Gasteiger partial charge in [0.05, 0.1) is 51.6 Å². The molecule has 0 aromatic carbocycles. The van der Waals surface area contributed by atoms with E-state index in [4.69, 9.17) is 30.6 Å². The van der Waals surface area contributed by atoms with Gasteiger partial charge in [-0.1, -0.05) is 0 Å².